The van der Waals surface area contributed by atoms with Crippen molar-refractivity contribution in [1.29, 1.82) is 0 Å². The Balaban J connectivity index is 1.49. The van der Waals surface area contributed by atoms with Crippen LogP contribution in [0.2, 0.25) is 0 Å². The van der Waals surface area contributed by atoms with Crippen LogP contribution in [0.1, 0.15) is 62.5 Å². The molecule has 1 aromatic carbocycles. The van der Waals surface area contributed by atoms with Gasteiger partial charge >= 0.3 is 0 Å². The molecule has 0 saturated carbocycles. The topological polar surface area (TPSA) is 70.5 Å². The van der Waals surface area contributed by atoms with Gasteiger partial charge in [-0.1, -0.05) is 11.6 Å². The number of rotatable bonds is 6. The lowest BCUT2D eigenvalue weighted by molar-refractivity contribution is -0.115. The molecule has 3 aromatic rings. The molecule has 1 saturated heterocycles. The highest BCUT2D eigenvalue weighted by molar-refractivity contribution is 6.10. The monoisotopic (exact) mass is 539 g/mol. The van der Waals surface area contributed by atoms with Crippen molar-refractivity contribution in [3.8, 4) is 11.1 Å². The molecule has 1 N–H and O–H groups in total. The normalized spacial score (nSPS) is 17.0. The molecule has 7 heteroatoms. The van der Waals surface area contributed by atoms with Crippen molar-refractivity contribution >= 4 is 28.4 Å². The fraction of sp³-hybridized carbons (Fsp3) is 0.424. The summed E-state index contributed by atoms with van der Waals surface area (Å²) in [5, 5.41) is 4.01. The van der Waals surface area contributed by atoms with E-state index >= 15 is 0 Å². The van der Waals surface area contributed by atoms with Crippen LogP contribution in [-0.2, 0) is 4.79 Å². The second-order valence-corrected chi connectivity index (χ2v) is 11.7. The molecule has 1 amide bonds. The average molecular weight is 540 g/mol. The van der Waals surface area contributed by atoms with E-state index in [1.807, 2.05) is 32.2 Å². The van der Waals surface area contributed by atoms with Crippen LogP contribution in [0.3, 0.4) is 0 Å². The van der Waals surface area contributed by atoms with Gasteiger partial charge < -0.3 is 19.7 Å². The van der Waals surface area contributed by atoms with Crippen LogP contribution in [0.25, 0.3) is 22.0 Å². The second-order valence-electron chi connectivity index (χ2n) is 11.7. The zero-order valence-corrected chi connectivity index (χ0v) is 24.7. The fourth-order valence-corrected chi connectivity index (χ4v) is 5.97. The van der Waals surface area contributed by atoms with Gasteiger partial charge in [0.05, 0.1) is 0 Å². The number of ketones is 1. The standard InChI is InChI=1S/C33H41N5O2/c1-21(2)38-20-24(5)32-27(33(40)35-19-28-23(4)14-22(3)15-30(28)39)16-26(17-29(32)38)25-8-9-31(34-18-25)37-11-7-10-36(6)12-13-37/h8-9,14,16-18,20-21H,7,10-13,15,19H2,1-6H3,(H,35,40). The maximum Gasteiger partial charge on any atom is 0.252 e. The molecule has 7 nitrogen and oxygen atoms in total. The van der Waals surface area contributed by atoms with Crippen molar-refractivity contribution in [2.24, 2.45) is 0 Å². The Labute approximate surface area is 237 Å². The first kappa shape index (κ1) is 27.8. The predicted molar refractivity (Wildman–Crippen MR) is 163 cm³/mol. The molecule has 0 unspecified atom stereocenters. The molecule has 0 bridgehead atoms. The second kappa shape index (κ2) is 11.4. The third-order valence-electron chi connectivity index (χ3n) is 8.19. The highest BCUT2D eigenvalue weighted by Crippen LogP contribution is 2.33. The number of aromatic nitrogens is 2. The number of aryl methyl sites for hydroxylation is 1. The SMILES string of the molecule is CC1=CC(C)=C(CNC(=O)c2cc(-c3ccc(N4CCCN(C)CC4)nc3)cc3c2c(C)cn3C(C)C)C(=O)C1. The van der Waals surface area contributed by atoms with E-state index in [4.69, 9.17) is 4.98 Å². The molecule has 1 aliphatic carbocycles. The van der Waals surface area contributed by atoms with Crippen molar-refractivity contribution in [2.75, 3.05) is 44.7 Å². The minimum absolute atomic E-state index is 0.0843. The number of amides is 1. The van der Waals surface area contributed by atoms with E-state index in [9.17, 15) is 9.59 Å². The minimum atomic E-state index is -0.172. The molecule has 3 heterocycles. The number of nitrogens with zero attached hydrogens (tertiary/aromatic N) is 4. The molecule has 1 fully saturated rings. The van der Waals surface area contributed by atoms with E-state index < -0.39 is 0 Å². The first-order valence-corrected chi connectivity index (χ1v) is 14.4. The number of benzene rings is 1. The molecule has 2 aromatic heterocycles. The summed E-state index contributed by atoms with van der Waals surface area (Å²) in [6, 6.07) is 8.59. The third kappa shape index (κ3) is 5.61. The van der Waals surface area contributed by atoms with Gasteiger partial charge in [0, 0.05) is 78.6 Å². The summed E-state index contributed by atoms with van der Waals surface area (Å²) in [6.07, 6.45) is 7.62. The van der Waals surface area contributed by atoms with E-state index in [-0.39, 0.29) is 24.3 Å². The molecule has 1 aliphatic heterocycles. The number of allylic oxidation sites excluding steroid dienone is 3. The van der Waals surface area contributed by atoms with Crippen LogP contribution in [0.15, 0.2) is 59.5 Å². The summed E-state index contributed by atoms with van der Waals surface area (Å²) >= 11 is 0. The number of fused-ring (bicyclic) bond motifs is 1. The van der Waals surface area contributed by atoms with Gasteiger partial charge in [-0.2, -0.15) is 0 Å². The predicted octanol–water partition coefficient (Wildman–Crippen LogP) is 5.70. The number of likely N-dealkylation sites (N-methyl/N-ethyl adjacent to an activating group) is 1. The van der Waals surface area contributed by atoms with Gasteiger partial charge in [0.15, 0.2) is 5.78 Å². The lowest BCUT2D eigenvalue weighted by atomic mass is 9.92. The largest absolute Gasteiger partial charge is 0.355 e. The smallest absolute Gasteiger partial charge is 0.252 e. The molecule has 0 spiro atoms. The van der Waals surface area contributed by atoms with Crippen molar-refractivity contribution < 1.29 is 9.59 Å². The van der Waals surface area contributed by atoms with Crippen LogP contribution in [-0.4, -0.2) is 65.9 Å². The molecular formula is C33H41N5O2. The lowest BCUT2D eigenvalue weighted by Gasteiger charge is -2.21. The van der Waals surface area contributed by atoms with Crippen molar-refractivity contribution in [3.63, 3.8) is 0 Å². The van der Waals surface area contributed by atoms with Gasteiger partial charge in [-0.3, -0.25) is 9.59 Å². The number of hydrogen-bond donors (Lipinski definition) is 1. The Morgan fingerprint density at radius 2 is 1.85 bits per heavy atom. The minimum Gasteiger partial charge on any atom is -0.355 e. The summed E-state index contributed by atoms with van der Waals surface area (Å²) in [5.41, 5.74) is 7.30. The molecule has 5 rings (SSSR count). The quantitative estimate of drug-likeness (QED) is 0.435. The molecule has 40 heavy (non-hydrogen) atoms. The third-order valence-corrected chi connectivity index (χ3v) is 8.19. The van der Waals surface area contributed by atoms with E-state index in [0.29, 0.717) is 17.6 Å². The van der Waals surface area contributed by atoms with Gasteiger partial charge in [0.1, 0.15) is 5.82 Å². The van der Waals surface area contributed by atoms with E-state index in [2.05, 4.69) is 71.9 Å². The molecule has 210 valence electrons. The summed E-state index contributed by atoms with van der Waals surface area (Å²) < 4.78 is 2.23. The Kier molecular flexibility index (Phi) is 7.95. The summed E-state index contributed by atoms with van der Waals surface area (Å²) in [7, 11) is 2.17. The Bertz CT molecular complexity index is 1510. The Morgan fingerprint density at radius 3 is 2.55 bits per heavy atom. The highest BCUT2D eigenvalue weighted by Gasteiger charge is 2.22. The van der Waals surface area contributed by atoms with Gasteiger partial charge in [0.25, 0.3) is 5.91 Å². The number of carbonyl (C=O) groups excluding carboxylic acids is 2. The first-order chi connectivity index (χ1) is 19.1. The number of pyridine rings is 1. The van der Waals surface area contributed by atoms with Gasteiger partial charge in [0.2, 0.25) is 0 Å². The van der Waals surface area contributed by atoms with Gasteiger partial charge in [-0.25, -0.2) is 4.98 Å². The van der Waals surface area contributed by atoms with Crippen molar-refractivity contribution in [3.05, 3.63) is 70.6 Å². The van der Waals surface area contributed by atoms with Gasteiger partial charge in [-0.05, 0) is 95.6 Å². The number of Topliss-reactive ketones (excluding diaryl/α,β-unsaturated/α-hetero) is 1. The highest BCUT2D eigenvalue weighted by atomic mass is 16.2. The lowest BCUT2D eigenvalue weighted by Crippen LogP contribution is -2.29. The summed E-state index contributed by atoms with van der Waals surface area (Å²) in [4.78, 5) is 35.9. The number of nitrogens with one attached hydrogen (secondary N) is 1. The molecule has 2 aliphatic rings. The first-order valence-electron chi connectivity index (χ1n) is 14.4. The number of anilines is 1. The fourth-order valence-electron chi connectivity index (χ4n) is 5.97. The van der Waals surface area contributed by atoms with Crippen LogP contribution in [0.5, 0.6) is 0 Å². The van der Waals surface area contributed by atoms with E-state index in [1.54, 1.807) is 0 Å². The number of hydrogen-bond acceptors (Lipinski definition) is 5. The zero-order chi connectivity index (χ0) is 28.6. The van der Waals surface area contributed by atoms with Gasteiger partial charge in [-0.15, -0.1) is 0 Å². The Hall–Kier alpha value is -3.71. The van der Waals surface area contributed by atoms with Crippen molar-refractivity contribution in [2.45, 2.75) is 53.5 Å². The van der Waals surface area contributed by atoms with Crippen LogP contribution in [0, 0.1) is 6.92 Å². The maximum atomic E-state index is 13.7. The average Bonchev–Trinajstić information content (AvgIpc) is 3.10. The number of carbonyl (C=O) groups is 2. The molecular weight excluding hydrogens is 498 g/mol. The van der Waals surface area contributed by atoms with E-state index in [0.717, 1.165) is 77.2 Å². The van der Waals surface area contributed by atoms with Crippen LogP contribution in [0.4, 0.5) is 5.82 Å². The zero-order valence-electron chi connectivity index (χ0n) is 24.7. The maximum absolute atomic E-state index is 13.7. The summed E-state index contributed by atoms with van der Waals surface area (Å²) in [6.45, 7) is 14.6. The molecule has 0 radical (unpaired) electrons. The van der Waals surface area contributed by atoms with Crippen LogP contribution < -0.4 is 10.2 Å². The van der Waals surface area contributed by atoms with Crippen LogP contribution >= 0.6 is 0 Å². The Morgan fingerprint density at radius 1 is 1.05 bits per heavy atom. The van der Waals surface area contributed by atoms with Crippen molar-refractivity contribution in [1.82, 2.24) is 19.8 Å². The molecule has 0 atom stereocenters. The van der Waals surface area contributed by atoms with E-state index in [1.165, 1.54) is 0 Å². The summed E-state index contributed by atoms with van der Waals surface area (Å²) in [5.74, 6) is 0.903.